The Balaban J connectivity index is 1.66. The van der Waals surface area contributed by atoms with E-state index >= 15 is 0 Å². The van der Waals surface area contributed by atoms with Crippen molar-refractivity contribution in [1.29, 1.82) is 0 Å². The van der Waals surface area contributed by atoms with Gasteiger partial charge in [0.2, 0.25) is 0 Å². The van der Waals surface area contributed by atoms with Crippen LogP contribution in [0.1, 0.15) is 35.9 Å². The second-order valence-corrected chi connectivity index (χ2v) is 5.52. The second kappa shape index (κ2) is 7.61. The maximum Gasteiger partial charge on any atom is 0.273 e. The summed E-state index contributed by atoms with van der Waals surface area (Å²) in [6.07, 6.45) is 3.33. The van der Waals surface area contributed by atoms with Crippen molar-refractivity contribution < 1.29 is 14.1 Å². The van der Waals surface area contributed by atoms with Crippen LogP contribution in [-0.2, 0) is 0 Å². The molecular formula is C19H19N3O3. The van der Waals surface area contributed by atoms with E-state index in [9.17, 15) is 4.79 Å². The Labute approximate surface area is 145 Å². The summed E-state index contributed by atoms with van der Waals surface area (Å²) < 4.78 is 10.7. The highest BCUT2D eigenvalue weighted by Gasteiger charge is 2.16. The molecule has 6 heteroatoms. The minimum Gasteiger partial charge on any atom is -0.494 e. The number of hydrogen-bond donors (Lipinski definition) is 1. The van der Waals surface area contributed by atoms with Gasteiger partial charge in [0.25, 0.3) is 5.91 Å². The van der Waals surface area contributed by atoms with Crippen molar-refractivity contribution in [3.63, 3.8) is 0 Å². The quantitative estimate of drug-likeness (QED) is 0.743. The first-order chi connectivity index (χ1) is 12.2. The van der Waals surface area contributed by atoms with Crippen molar-refractivity contribution in [3.8, 4) is 17.1 Å². The lowest BCUT2D eigenvalue weighted by atomic mass is 10.1. The number of nitrogens with one attached hydrogen (secondary N) is 1. The molecule has 0 radical (unpaired) electrons. The third-order valence-electron chi connectivity index (χ3n) is 3.73. The highest BCUT2D eigenvalue weighted by molar-refractivity contribution is 5.93. The Kier molecular flexibility index (Phi) is 5.09. The molecule has 1 aromatic carbocycles. The minimum absolute atomic E-state index is 0.165. The van der Waals surface area contributed by atoms with Gasteiger partial charge in [-0.2, -0.15) is 0 Å². The lowest BCUT2D eigenvalue weighted by Gasteiger charge is -2.14. The van der Waals surface area contributed by atoms with Crippen LogP contribution >= 0.6 is 0 Å². The van der Waals surface area contributed by atoms with Gasteiger partial charge in [0.15, 0.2) is 11.5 Å². The maximum atomic E-state index is 12.4. The van der Waals surface area contributed by atoms with E-state index in [4.69, 9.17) is 9.26 Å². The Morgan fingerprint density at radius 1 is 1.28 bits per heavy atom. The van der Waals surface area contributed by atoms with Crippen LogP contribution in [0.3, 0.4) is 0 Å². The number of amides is 1. The van der Waals surface area contributed by atoms with E-state index in [-0.39, 0.29) is 17.6 Å². The summed E-state index contributed by atoms with van der Waals surface area (Å²) in [6, 6.07) is 12.7. The maximum absolute atomic E-state index is 12.4. The summed E-state index contributed by atoms with van der Waals surface area (Å²) >= 11 is 0. The average Bonchev–Trinajstić information content (AvgIpc) is 3.13. The molecule has 0 aliphatic carbocycles. The second-order valence-electron chi connectivity index (χ2n) is 5.52. The third-order valence-corrected chi connectivity index (χ3v) is 3.73. The fourth-order valence-electron chi connectivity index (χ4n) is 2.40. The summed E-state index contributed by atoms with van der Waals surface area (Å²) in [7, 11) is 0. The molecule has 0 bridgehead atoms. The van der Waals surface area contributed by atoms with Crippen molar-refractivity contribution in [2.24, 2.45) is 0 Å². The molecular weight excluding hydrogens is 318 g/mol. The average molecular weight is 337 g/mol. The molecule has 6 nitrogen and oxygen atoms in total. The normalized spacial score (nSPS) is 11.8. The molecule has 0 aliphatic heterocycles. The topological polar surface area (TPSA) is 77.2 Å². The molecule has 0 fully saturated rings. The highest BCUT2D eigenvalue weighted by Crippen LogP contribution is 2.20. The number of pyridine rings is 1. The van der Waals surface area contributed by atoms with Crippen LogP contribution in [0.2, 0.25) is 0 Å². The van der Waals surface area contributed by atoms with Crippen LogP contribution in [0.5, 0.6) is 5.75 Å². The van der Waals surface area contributed by atoms with Gasteiger partial charge < -0.3 is 14.6 Å². The molecule has 3 rings (SSSR count). The third kappa shape index (κ3) is 4.03. The summed E-state index contributed by atoms with van der Waals surface area (Å²) in [5.74, 6) is 1.02. The fraction of sp³-hybridized carbons (Fsp3) is 0.211. The largest absolute Gasteiger partial charge is 0.494 e. The molecule has 2 aromatic heterocycles. The van der Waals surface area contributed by atoms with Gasteiger partial charge in [-0.1, -0.05) is 17.3 Å². The monoisotopic (exact) mass is 337 g/mol. The van der Waals surface area contributed by atoms with E-state index in [0.717, 1.165) is 16.9 Å². The molecule has 2 heterocycles. The SMILES string of the molecule is CCOc1ccc(C(C)NC(=O)c2cc(-c3cccnc3)on2)cc1. The molecule has 128 valence electrons. The zero-order valence-corrected chi connectivity index (χ0v) is 14.1. The predicted octanol–water partition coefficient (Wildman–Crippen LogP) is 3.63. The Morgan fingerprint density at radius 2 is 2.08 bits per heavy atom. The first kappa shape index (κ1) is 16.7. The van der Waals surface area contributed by atoms with Gasteiger partial charge in [-0.15, -0.1) is 0 Å². The van der Waals surface area contributed by atoms with Crippen molar-refractivity contribution in [3.05, 3.63) is 66.1 Å². The van der Waals surface area contributed by atoms with Crippen molar-refractivity contribution in [2.45, 2.75) is 19.9 Å². The lowest BCUT2D eigenvalue weighted by molar-refractivity contribution is 0.0931. The molecule has 0 saturated carbocycles. The smallest absolute Gasteiger partial charge is 0.273 e. The highest BCUT2D eigenvalue weighted by atomic mass is 16.5. The van der Waals surface area contributed by atoms with Gasteiger partial charge in [0.05, 0.1) is 12.6 Å². The summed E-state index contributed by atoms with van der Waals surface area (Å²) in [6.45, 7) is 4.47. The van der Waals surface area contributed by atoms with Crippen molar-refractivity contribution in [2.75, 3.05) is 6.61 Å². The number of nitrogens with zero attached hydrogens (tertiary/aromatic N) is 2. The number of rotatable bonds is 6. The van der Waals surface area contributed by atoms with Crippen LogP contribution < -0.4 is 10.1 Å². The predicted molar refractivity (Wildman–Crippen MR) is 93.2 cm³/mol. The molecule has 1 unspecified atom stereocenters. The number of aromatic nitrogens is 2. The van der Waals surface area contributed by atoms with Gasteiger partial charge in [-0.05, 0) is 43.7 Å². The van der Waals surface area contributed by atoms with Crippen LogP contribution in [0, 0.1) is 0 Å². The molecule has 0 aliphatic rings. The summed E-state index contributed by atoms with van der Waals surface area (Å²) in [4.78, 5) is 16.4. The van der Waals surface area contributed by atoms with Crippen LogP contribution in [0.15, 0.2) is 59.4 Å². The van der Waals surface area contributed by atoms with Crippen LogP contribution in [-0.4, -0.2) is 22.7 Å². The van der Waals surface area contributed by atoms with Crippen LogP contribution in [0.4, 0.5) is 0 Å². The summed E-state index contributed by atoms with van der Waals surface area (Å²) in [5, 5.41) is 6.75. The Morgan fingerprint density at radius 3 is 2.76 bits per heavy atom. The van der Waals surface area contributed by atoms with Gasteiger partial charge in [-0.25, -0.2) is 0 Å². The molecule has 3 aromatic rings. The van der Waals surface area contributed by atoms with Crippen molar-refractivity contribution >= 4 is 5.91 Å². The first-order valence-corrected chi connectivity index (χ1v) is 8.08. The number of benzene rings is 1. The number of carbonyl (C=O) groups is 1. The van der Waals surface area contributed by atoms with E-state index < -0.39 is 0 Å². The Hall–Kier alpha value is -3.15. The number of carbonyl (C=O) groups excluding carboxylic acids is 1. The molecule has 0 saturated heterocycles. The van der Waals surface area contributed by atoms with Gasteiger partial charge in [0, 0.05) is 24.0 Å². The van der Waals surface area contributed by atoms with Gasteiger partial charge in [0.1, 0.15) is 5.75 Å². The number of ether oxygens (including phenoxy) is 1. The van der Waals surface area contributed by atoms with Gasteiger partial charge >= 0.3 is 0 Å². The van der Waals surface area contributed by atoms with E-state index in [1.54, 1.807) is 24.5 Å². The summed E-state index contributed by atoms with van der Waals surface area (Å²) in [5.41, 5.74) is 1.98. The number of hydrogen-bond acceptors (Lipinski definition) is 5. The van der Waals surface area contributed by atoms with E-state index in [0.29, 0.717) is 12.4 Å². The molecule has 1 atom stereocenters. The molecule has 1 N–H and O–H groups in total. The molecule has 0 spiro atoms. The fourth-order valence-corrected chi connectivity index (χ4v) is 2.40. The van der Waals surface area contributed by atoms with Crippen molar-refractivity contribution in [1.82, 2.24) is 15.5 Å². The van der Waals surface area contributed by atoms with E-state index in [1.165, 1.54) is 0 Å². The standard InChI is InChI=1S/C19H19N3O3/c1-3-24-16-8-6-14(7-9-16)13(2)21-19(23)17-11-18(25-22-17)15-5-4-10-20-12-15/h4-13H,3H2,1-2H3,(H,21,23). The first-order valence-electron chi connectivity index (χ1n) is 8.08. The molecule has 25 heavy (non-hydrogen) atoms. The zero-order valence-electron chi connectivity index (χ0n) is 14.1. The minimum atomic E-state index is -0.291. The van der Waals surface area contributed by atoms with E-state index in [1.807, 2.05) is 44.2 Å². The zero-order chi connectivity index (χ0) is 17.6. The van der Waals surface area contributed by atoms with E-state index in [2.05, 4.69) is 15.5 Å². The van der Waals surface area contributed by atoms with Crippen LogP contribution in [0.25, 0.3) is 11.3 Å². The molecule has 1 amide bonds. The lowest BCUT2D eigenvalue weighted by Crippen LogP contribution is -2.26. The van der Waals surface area contributed by atoms with Gasteiger partial charge in [-0.3, -0.25) is 9.78 Å². The Bertz CT molecular complexity index is 829.